The summed E-state index contributed by atoms with van der Waals surface area (Å²) in [4.78, 5) is 23.5. The summed E-state index contributed by atoms with van der Waals surface area (Å²) >= 11 is 3.21. The van der Waals surface area contributed by atoms with Crippen molar-refractivity contribution in [3.8, 4) is 0 Å². The summed E-state index contributed by atoms with van der Waals surface area (Å²) in [5.41, 5.74) is 1.45. The predicted octanol–water partition coefficient (Wildman–Crippen LogP) is 2.70. The van der Waals surface area contributed by atoms with Crippen molar-refractivity contribution in [2.75, 3.05) is 5.32 Å². The molecule has 0 aliphatic carbocycles. The van der Waals surface area contributed by atoms with Gasteiger partial charge in [-0.25, -0.2) is 4.79 Å². The van der Waals surface area contributed by atoms with E-state index in [1.165, 1.54) is 10.7 Å². The molecule has 0 fully saturated rings. The largest absolute Gasteiger partial charge is 0.478 e. The number of aromatic carboxylic acids is 1. The number of carbonyl (C=O) groups excluding carboxylic acids is 1. The molecule has 0 spiro atoms. The molecular formula is C14H14BrN3O3. The lowest BCUT2D eigenvalue weighted by Crippen LogP contribution is -2.18. The monoisotopic (exact) mass is 351 g/mol. The van der Waals surface area contributed by atoms with Crippen LogP contribution in [0.1, 0.15) is 33.5 Å². The SMILES string of the molecule is CCc1cc(C(=O)Nc2ccc(Br)cc2C(=O)O)n(C)n1. The highest BCUT2D eigenvalue weighted by atomic mass is 79.9. The molecule has 6 nitrogen and oxygen atoms in total. The minimum Gasteiger partial charge on any atom is -0.478 e. The molecule has 0 atom stereocenters. The van der Waals surface area contributed by atoms with E-state index in [9.17, 15) is 14.7 Å². The number of carbonyl (C=O) groups is 2. The van der Waals surface area contributed by atoms with Gasteiger partial charge in [0.1, 0.15) is 5.69 Å². The van der Waals surface area contributed by atoms with Gasteiger partial charge in [-0.15, -0.1) is 0 Å². The normalized spacial score (nSPS) is 10.4. The molecule has 0 bridgehead atoms. The van der Waals surface area contributed by atoms with Crippen LogP contribution in [0, 0.1) is 0 Å². The Morgan fingerprint density at radius 2 is 2.10 bits per heavy atom. The van der Waals surface area contributed by atoms with Crippen LogP contribution in [-0.2, 0) is 13.5 Å². The standard InChI is InChI=1S/C14H14BrN3O3/c1-3-9-7-12(18(2)17-9)13(19)16-11-5-4-8(15)6-10(11)14(20)21/h4-7H,3H2,1-2H3,(H,16,19)(H,20,21). The van der Waals surface area contributed by atoms with Crippen molar-refractivity contribution in [1.29, 1.82) is 0 Å². The quantitative estimate of drug-likeness (QED) is 0.886. The van der Waals surface area contributed by atoms with Crippen molar-refractivity contribution in [2.24, 2.45) is 7.05 Å². The molecule has 2 aromatic rings. The number of carboxylic acid groups (broad SMARTS) is 1. The number of anilines is 1. The Morgan fingerprint density at radius 3 is 2.67 bits per heavy atom. The number of amides is 1. The first-order valence-electron chi connectivity index (χ1n) is 6.29. The topological polar surface area (TPSA) is 84.2 Å². The molecule has 0 saturated heterocycles. The molecule has 1 aromatic heterocycles. The second-order valence-electron chi connectivity index (χ2n) is 4.45. The summed E-state index contributed by atoms with van der Waals surface area (Å²) in [7, 11) is 1.67. The molecule has 1 heterocycles. The average molecular weight is 352 g/mol. The van der Waals surface area contributed by atoms with Crippen LogP contribution in [0.2, 0.25) is 0 Å². The van der Waals surface area contributed by atoms with Crippen LogP contribution < -0.4 is 5.32 Å². The number of benzene rings is 1. The molecule has 0 aliphatic heterocycles. The highest BCUT2D eigenvalue weighted by Crippen LogP contribution is 2.22. The number of aryl methyl sites for hydroxylation is 2. The van der Waals surface area contributed by atoms with E-state index in [1.54, 1.807) is 25.2 Å². The molecule has 1 aromatic carbocycles. The van der Waals surface area contributed by atoms with Gasteiger partial charge in [0.05, 0.1) is 16.9 Å². The minimum atomic E-state index is -1.11. The zero-order valence-corrected chi connectivity index (χ0v) is 13.1. The molecule has 21 heavy (non-hydrogen) atoms. The predicted molar refractivity (Wildman–Crippen MR) is 81.6 cm³/mol. The first-order chi connectivity index (χ1) is 9.92. The molecule has 7 heteroatoms. The van der Waals surface area contributed by atoms with Gasteiger partial charge in [-0.3, -0.25) is 9.48 Å². The van der Waals surface area contributed by atoms with E-state index in [1.807, 2.05) is 6.92 Å². The van der Waals surface area contributed by atoms with E-state index >= 15 is 0 Å². The van der Waals surface area contributed by atoms with Gasteiger partial charge in [0.2, 0.25) is 0 Å². The van der Waals surface area contributed by atoms with Gasteiger partial charge in [0.25, 0.3) is 5.91 Å². The fraction of sp³-hybridized carbons (Fsp3) is 0.214. The Hall–Kier alpha value is -2.15. The number of carboxylic acids is 1. The summed E-state index contributed by atoms with van der Waals surface area (Å²) in [6, 6.07) is 6.35. The fourth-order valence-corrected chi connectivity index (χ4v) is 2.26. The van der Waals surface area contributed by atoms with Gasteiger partial charge < -0.3 is 10.4 Å². The van der Waals surface area contributed by atoms with Crippen LogP contribution in [0.5, 0.6) is 0 Å². The highest BCUT2D eigenvalue weighted by Gasteiger charge is 2.17. The van der Waals surface area contributed by atoms with Gasteiger partial charge in [0.15, 0.2) is 0 Å². The van der Waals surface area contributed by atoms with Crippen molar-refractivity contribution in [3.63, 3.8) is 0 Å². The van der Waals surface area contributed by atoms with E-state index in [2.05, 4.69) is 26.3 Å². The summed E-state index contributed by atoms with van der Waals surface area (Å²) in [5, 5.41) is 16.0. The Balaban J connectivity index is 2.31. The minimum absolute atomic E-state index is 0.0237. The molecule has 0 saturated carbocycles. The zero-order valence-electron chi connectivity index (χ0n) is 11.6. The highest BCUT2D eigenvalue weighted by molar-refractivity contribution is 9.10. The lowest BCUT2D eigenvalue weighted by Gasteiger charge is -2.09. The van der Waals surface area contributed by atoms with Gasteiger partial charge in [-0.2, -0.15) is 5.10 Å². The summed E-state index contributed by atoms with van der Waals surface area (Å²) in [6.45, 7) is 1.95. The summed E-state index contributed by atoms with van der Waals surface area (Å²) in [5.74, 6) is -1.50. The third kappa shape index (κ3) is 3.30. The van der Waals surface area contributed by atoms with Gasteiger partial charge in [-0.05, 0) is 30.7 Å². The van der Waals surface area contributed by atoms with E-state index in [4.69, 9.17) is 0 Å². The summed E-state index contributed by atoms with van der Waals surface area (Å²) < 4.78 is 2.11. The van der Waals surface area contributed by atoms with Gasteiger partial charge in [0, 0.05) is 11.5 Å². The maximum absolute atomic E-state index is 12.2. The van der Waals surface area contributed by atoms with Crippen molar-refractivity contribution in [3.05, 3.63) is 45.7 Å². The number of aromatic nitrogens is 2. The third-order valence-corrected chi connectivity index (χ3v) is 3.48. The number of halogens is 1. The Bertz CT molecular complexity index is 709. The van der Waals surface area contributed by atoms with Crippen molar-refractivity contribution in [2.45, 2.75) is 13.3 Å². The summed E-state index contributed by atoms with van der Waals surface area (Å²) in [6.07, 6.45) is 0.722. The number of nitrogens with one attached hydrogen (secondary N) is 1. The van der Waals surface area contributed by atoms with Crippen LogP contribution in [0.15, 0.2) is 28.7 Å². The first kappa shape index (κ1) is 15.2. The molecule has 0 radical (unpaired) electrons. The van der Waals surface area contributed by atoms with E-state index in [0.29, 0.717) is 10.2 Å². The third-order valence-electron chi connectivity index (χ3n) is 2.99. The second kappa shape index (κ2) is 6.09. The maximum Gasteiger partial charge on any atom is 0.337 e. The van der Waals surface area contributed by atoms with Crippen molar-refractivity contribution < 1.29 is 14.7 Å². The average Bonchev–Trinajstić information content (AvgIpc) is 2.82. The van der Waals surface area contributed by atoms with Crippen LogP contribution in [0.3, 0.4) is 0 Å². The van der Waals surface area contributed by atoms with E-state index in [-0.39, 0.29) is 11.3 Å². The van der Waals surface area contributed by atoms with Crippen molar-refractivity contribution >= 4 is 33.5 Å². The zero-order chi connectivity index (χ0) is 15.6. The lowest BCUT2D eigenvalue weighted by molar-refractivity contribution is 0.0698. The molecule has 2 N–H and O–H groups in total. The molecule has 1 amide bonds. The molecule has 2 rings (SSSR count). The number of rotatable bonds is 4. The first-order valence-corrected chi connectivity index (χ1v) is 7.08. The fourth-order valence-electron chi connectivity index (χ4n) is 1.90. The smallest absolute Gasteiger partial charge is 0.337 e. The Labute approximate surface area is 129 Å². The Morgan fingerprint density at radius 1 is 1.38 bits per heavy atom. The van der Waals surface area contributed by atoms with Gasteiger partial charge in [-0.1, -0.05) is 22.9 Å². The second-order valence-corrected chi connectivity index (χ2v) is 5.36. The van der Waals surface area contributed by atoms with Crippen LogP contribution in [0.25, 0.3) is 0 Å². The molecule has 0 unspecified atom stereocenters. The van der Waals surface area contributed by atoms with Crippen molar-refractivity contribution in [1.82, 2.24) is 9.78 Å². The van der Waals surface area contributed by atoms with Crippen LogP contribution in [-0.4, -0.2) is 26.8 Å². The molecular weight excluding hydrogens is 338 g/mol. The van der Waals surface area contributed by atoms with E-state index < -0.39 is 11.9 Å². The van der Waals surface area contributed by atoms with Gasteiger partial charge >= 0.3 is 5.97 Å². The molecule has 110 valence electrons. The lowest BCUT2D eigenvalue weighted by atomic mass is 10.1. The number of hydrogen-bond acceptors (Lipinski definition) is 3. The van der Waals surface area contributed by atoms with Crippen LogP contribution >= 0.6 is 15.9 Å². The van der Waals surface area contributed by atoms with Crippen LogP contribution in [0.4, 0.5) is 5.69 Å². The maximum atomic E-state index is 12.2. The number of nitrogens with zero attached hydrogens (tertiary/aromatic N) is 2. The number of hydrogen-bond donors (Lipinski definition) is 2. The Kier molecular flexibility index (Phi) is 4.42. The van der Waals surface area contributed by atoms with E-state index in [0.717, 1.165) is 12.1 Å². The molecule has 0 aliphatic rings.